The minimum absolute atomic E-state index is 0.356. The van der Waals surface area contributed by atoms with Gasteiger partial charge in [-0.3, -0.25) is 4.79 Å². The Morgan fingerprint density at radius 1 is 1.24 bits per heavy atom. The van der Waals surface area contributed by atoms with E-state index in [1.807, 2.05) is 30.3 Å². The summed E-state index contributed by atoms with van der Waals surface area (Å²) in [6.45, 7) is 0. The number of nitrogens with zero attached hydrogens (tertiary/aromatic N) is 1. The molecule has 0 N–H and O–H groups in total. The smallest absolute Gasteiger partial charge is 0.207 e. The van der Waals surface area contributed by atoms with Gasteiger partial charge in [-0.2, -0.15) is 0 Å². The summed E-state index contributed by atoms with van der Waals surface area (Å²) >= 11 is 6.16. The van der Waals surface area contributed by atoms with Crippen LogP contribution in [0.4, 0.5) is 5.88 Å². The van der Waals surface area contributed by atoms with E-state index < -0.39 is 0 Å². The fourth-order valence-electron chi connectivity index (χ4n) is 1.62. The van der Waals surface area contributed by atoms with Crippen LogP contribution < -0.4 is 4.90 Å². The molecule has 4 heteroatoms. The molecule has 1 aromatic carbocycles. The minimum Gasteiger partial charge on any atom is -0.438 e. The number of carbonyl (C=O) groups excluding carboxylic acids is 1. The van der Waals surface area contributed by atoms with Gasteiger partial charge in [-0.1, -0.05) is 41.9 Å². The molecular weight excluding hydrogens is 238 g/mol. The second-order valence-corrected chi connectivity index (χ2v) is 4.22. The molecule has 0 bridgehead atoms. The molecule has 0 aliphatic heterocycles. The number of rotatable bonds is 3. The lowest BCUT2D eigenvalue weighted by molar-refractivity contribution is 0.112. The van der Waals surface area contributed by atoms with Gasteiger partial charge in [0.25, 0.3) is 0 Å². The van der Waals surface area contributed by atoms with Crippen molar-refractivity contribution in [1.29, 1.82) is 0 Å². The van der Waals surface area contributed by atoms with E-state index in [0.717, 1.165) is 5.56 Å². The Hall–Kier alpha value is -1.74. The first-order valence-corrected chi connectivity index (χ1v) is 5.53. The molecule has 0 saturated carbocycles. The lowest BCUT2D eigenvalue weighted by Gasteiger charge is -2.07. The Labute approximate surface area is 105 Å². The quantitative estimate of drug-likeness (QED) is 0.781. The fraction of sp³-hybridized carbons (Fsp3) is 0.154. The summed E-state index contributed by atoms with van der Waals surface area (Å²) in [7, 11) is 3.61. The van der Waals surface area contributed by atoms with Crippen molar-refractivity contribution in [3.05, 3.63) is 40.9 Å². The van der Waals surface area contributed by atoms with Crippen LogP contribution in [-0.4, -0.2) is 20.4 Å². The highest BCUT2D eigenvalue weighted by atomic mass is 35.5. The van der Waals surface area contributed by atoms with E-state index in [-0.39, 0.29) is 0 Å². The third-order valence-corrected chi connectivity index (χ3v) is 2.80. The molecule has 1 heterocycles. The molecule has 0 aliphatic carbocycles. The molecule has 88 valence electrons. The van der Waals surface area contributed by atoms with E-state index in [1.54, 1.807) is 19.0 Å². The zero-order valence-electron chi connectivity index (χ0n) is 9.61. The van der Waals surface area contributed by atoms with E-state index in [9.17, 15) is 4.79 Å². The molecule has 2 aromatic rings. The minimum atomic E-state index is 0.356. The Morgan fingerprint density at radius 2 is 1.88 bits per heavy atom. The van der Waals surface area contributed by atoms with Crippen molar-refractivity contribution in [2.45, 2.75) is 0 Å². The lowest BCUT2D eigenvalue weighted by atomic mass is 10.1. The second kappa shape index (κ2) is 4.63. The van der Waals surface area contributed by atoms with E-state index in [4.69, 9.17) is 16.0 Å². The van der Waals surface area contributed by atoms with Gasteiger partial charge in [0, 0.05) is 19.7 Å². The van der Waals surface area contributed by atoms with E-state index in [0.29, 0.717) is 28.5 Å². The third kappa shape index (κ3) is 2.06. The predicted octanol–water partition coefficient (Wildman–Crippen LogP) is 3.48. The summed E-state index contributed by atoms with van der Waals surface area (Å²) in [4.78, 5) is 12.8. The van der Waals surface area contributed by atoms with Crippen LogP contribution in [0.5, 0.6) is 0 Å². The SMILES string of the molecule is CN(C)c1oc(-c2ccccc2)c(Cl)c1C=O. The Balaban J connectivity index is 2.61. The summed E-state index contributed by atoms with van der Waals surface area (Å²) < 4.78 is 5.65. The molecule has 0 aliphatic rings. The monoisotopic (exact) mass is 249 g/mol. The van der Waals surface area contributed by atoms with Crippen molar-refractivity contribution in [3.63, 3.8) is 0 Å². The van der Waals surface area contributed by atoms with Crippen LogP contribution in [-0.2, 0) is 0 Å². The van der Waals surface area contributed by atoms with Gasteiger partial charge in [-0.15, -0.1) is 0 Å². The first kappa shape index (κ1) is 11.7. The summed E-state index contributed by atoms with van der Waals surface area (Å²) in [6, 6.07) is 9.47. The maximum atomic E-state index is 11.0. The Morgan fingerprint density at radius 3 is 2.35 bits per heavy atom. The lowest BCUT2D eigenvalue weighted by Crippen LogP contribution is -2.09. The van der Waals surface area contributed by atoms with Gasteiger partial charge in [0.2, 0.25) is 5.88 Å². The van der Waals surface area contributed by atoms with Crippen LogP contribution in [0, 0.1) is 0 Å². The number of hydrogen-bond acceptors (Lipinski definition) is 3. The molecule has 2 rings (SSSR count). The van der Waals surface area contributed by atoms with Crippen molar-refractivity contribution in [2.75, 3.05) is 19.0 Å². The molecule has 0 amide bonds. The molecule has 0 unspecified atom stereocenters. The molecule has 3 nitrogen and oxygen atoms in total. The van der Waals surface area contributed by atoms with Crippen LogP contribution in [0.15, 0.2) is 34.7 Å². The fourth-order valence-corrected chi connectivity index (χ4v) is 1.90. The topological polar surface area (TPSA) is 33.5 Å². The van der Waals surface area contributed by atoms with Crippen LogP contribution in [0.1, 0.15) is 10.4 Å². The molecule has 0 radical (unpaired) electrons. The number of carbonyl (C=O) groups is 1. The number of hydrogen-bond donors (Lipinski definition) is 0. The van der Waals surface area contributed by atoms with E-state index in [1.165, 1.54) is 0 Å². The number of anilines is 1. The highest BCUT2D eigenvalue weighted by Crippen LogP contribution is 2.38. The van der Waals surface area contributed by atoms with Crippen molar-refractivity contribution in [1.82, 2.24) is 0 Å². The second-order valence-electron chi connectivity index (χ2n) is 3.84. The van der Waals surface area contributed by atoms with Crippen molar-refractivity contribution < 1.29 is 9.21 Å². The first-order chi connectivity index (χ1) is 8.15. The van der Waals surface area contributed by atoms with Gasteiger partial charge in [-0.05, 0) is 0 Å². The molecule has 0 fully saturated rings. The standard InChI is InChI=1S/C13H12ClNO2/c1-15(2)13-10(8-16)11(14)12(17-13)9-6-4-3-5-7-9/h3-8H,1-2H3. The number of furan rings is 1. The van der Waals surface area contributed by atoms with Crippen molar-refractivity contribution in [2.24, 2.45) is 0 Å². The van der Waals surface area contributed by atoms with Crippen LogP contribution >= 0.6 is 11.6 Å². The average molecular weight is 250 g/mol. The zero-order chi connectivity index (χ0) is 12.4. The average Bonchev–Trinajstić information content (AvgIpc) is 2.67. The summed E-state index contributed by atoms with van der Waals surface area (Å²) in [5.41, 5.74) is 1.24. The van der Waals surface area contributed by atoms with Crippen LogP contribution in [0.3, 0.4) is 0 Å². The number of aldehydes is 1. The van der Waals surface area contributed by atoms with Gasteiger partial charge in [0.15, 0.2) is 12.0 Å². The molecule has 0 spiro atoms. The molecule has 0 saturated heterocycles. The summed E-state index contributed by atoms with van der Waals surface area (Å²) in [5.74, 6) is 1.00. The maximum absolute atomic E-state index is 11.0. The Bertz CT molecular complexity index is 532. The molecule has 17 heavy (non-hydrogen) atoms. The molecule has 1 aromatic heterocycles. The van der Waals surface area contributed by atoms with Crippen molar-refractivity contribution >= 4 is 23.8 Å². The predicted molar refractivity (Wildman–Crippen MR) is 68.9 cm³/mol. The van der Waals surface area contributed by atoms with Gasteiger partial charge in [0.05, 0.1) is 10.6 Å². The largest absolute Gasteiger partial charge is 0.438 e. The van der Waals surface area contributed by atoms with Gasteiger partial charge in [-0.25, -0.2) is 0 Å². The van der Waals surface area contributed by atoms with Gasteiger partial charge >= 0.3 is 0 Å². The highest BCUT2D eigenvalue weighted by Gasteiger charge is 2.20. The summed E-state index contributed by atoms with van der Waals surface area (Å²) in [5, 5.41) is 0.356. The van der Waals surface area contributed by atoms with E-state index >= 15 is 0 Å². The zero-order valence-corrected chi connectivity index (χ0v) is 10.4. The molecule has 0 atom stereocenters. The Kier molecular flexibility index (Phi) is 3.20. The third-order valence-electron chi connectivity index (χ3n) is 2.42. The molecular formula is C13H12ClNO2. The van der Waals surface area contributed by atoms with Crippen LogP contribution in [0.2, 0.25) is 5.02 Å². The van der Waals surface area contributed by atoms with Gasteiger partial charge < -0.3 is 9.32 Å². The van der Waals surface area contributed by atoms with Crippen LogP contribution in [0.25, 0.3) is 11.3 Å². The highest BCUT2D eigenvalue weighted by molar-refractivity contribution is 6.36. The summed E-state index contributed by atoms with van der Waals surface area (Å²) in [6.07, 6.45) is 0.716. The van der Waals surface area contributed by atoms with E-state index in [2.05, 4.69) is 0 Å². The normalized spacial score (nSPS) is 10.3. The maximum Gasteiger partial charge on any atom is 0.207 e. The van der Waals surface area contributed by atoms with Gasteiger partial charge in [0.1, 0.15) is 0 Å². The first-order valence-electron chi connectivity index (χ1n) is 5.15. The number of halogens is 1. The number of benzene rings is 1. The van der Waals surface area contributed by atoms with Crippen molar-refractivity contribution in [3.8, 4) is 11.3 Å².